The van der Waals surface area contributed by atoms with Crippen LogP contribution in [0, 0.1) is 6.92 Å². The van der Waals surface area contributed by atoms with E-state index in [4.69, 9.17) is 9.84 Å². The van der Waals surface area contributed by atoms with E-state index in [-0.39, 0.29) is 11.8 Å². The van der Waals surface area contributed by atoms with Gasteiger partial charge in [-0.3, -0.25) is 5.43 Å². The van der Waals surface area contributed by atoms with Gasteiger partial charge in [0.25, 0.3) is 0 Å². The van der Waals surface area contributed by atoms with Crippen LogP contribution in [0.2, 0.25) is 0 Å². The van der Waals surface area contributed by atoms with E-state index in [9.17, 15) is 4.79 Å². The monoisotopic (exact) mass is 360 g/mol. The highest BCUT2D eigenvalue weighted by molar-refractivity contribution is 9.10. The van der Waals surface area contributed by atoms with E-state index in [0.717, 1.165) is 15.6 Å². The second-order valence-electron chi connectivity index (χ2n) is 4.94. The first-order valence-corrected chi connectivity index (χ1v) is 7.43. The highest BCUT2D eigenvalue weighted by Crippen LogP contribution is 2.26. The van der Waals surface area contributed by atoms with Gasteiger partial charge in [0, 0.05) is 15.6 Å². The van der Waals surface area contributed by atoms with Crippen molar-refractivity contribution in [3.63, 3.8) is 0 Å². The fraction of sp³-hybridized carbons (Fsp3) is 0.125. The first-order chi connectivity index (χ1) is 10.5. The highest BCUT2D eigenvalue weighted by Gasteiger charge is 2.23. The Balaban J connectivity index is 1.80. The van der Waals surface area contributed by atoms with E-state index >= 15 is 0 Å². The van der Waals surface area contributed by atoms with Crippen LogP contribution in [-0.2, 0) is 4.74 Å². The summed E-state index contributed by atoms with van der Waals surface area (Å²) in [7, 11) is 0. The Morgan fingerprint density at radius 1 is 1.32 bits per heavy atom. The molecule has 0 amide bonds. The van der Waals surface area contributed by atoms with Crippen molar-refractivity contribution in [2.45, 2.75) is 13.2 Å². The van der Waals surface area contributed by atoms with Crippen molar-refractivity contribution < 1.29 is 14.6 Å². The van der Waals surface area contributed by atoms with E-state index in [1.807, 2.05) is 25.1 Å². The van der Waals surface area contributed by atoms with Gasteiger partial charge in [-0.1, -0.05) is 34.1 Å². The minimum absolute atomic E-state index is 0.199. The molecule has 6 heteroatoms. The van der Waals surface area contributed by atoms with Crippen molar-refractivity contribution in [1.29, 1.82) is 0 Å². The maximum Gasteiger partial charge on any atom is 0.335 e. The number of hydrogen-bond acceptors (Lipinski definition) is 4. The van der Waals surface area contributed by atoms with E-state index in [2.05, 4.69) is 26.5 Å². The Hall–Kier alpha value is -2.34. The maximum absolute atomic E-state index is 11.0. The molecule has 1 aliphatic heterocycles. The number of hydrazone groups is 1. The van der Waals surface area contributed by atoms with Gasteiger partial charge in [-0.15, -0.1) is 5.10 Å². The molecule has 0 aliphatic carbocycles. The molecule has 1 heterocycles. The third-order valence-corrected chi connectivity index (χ3v) is 4.22. The topological polar surface area (TPSA) is 70.9 Å². The predicted molar refractivity (Wildman–Crippen MR) is 85.8 cm³/mol. The fourth-order valence-electron chi connectivity index (χ4n) is 2.11. The van der Waals surface area contributed by atoms with Crippen LogP contribution in [0.4, 0.5) is 0 Å². The second kappa shape index (κ2) is 5.81. The first-order valence-electron chi connectivity index (χ1n) is 6.64. The van der Waals surface area contributed by atoms with E-state index in [1.54, 1.807) is 12.1 Å². The van der Waals surface area contributed by atoms with Crippen molar-refractivity contribution in [2.24, 2.45) is 5.10 Å². The Labute approximate surface area is 135 Å². The number of nitrogens with zero attached hydrogens (tertiary/aromatic N) is 1. The molecule has 112 valence electrons. The number of nitrogens with one attached hydrogen (secondary N) is 1. The molecule has 2 N–H and O–H groups in total. The number of aryl methyl sites for hydroxylation is 1. The van der Waals surface area contributed by atoms with Gasteiger partial charge >= 0.3 is 5.97 Å². The minimum atomic E-state index is -0.979. The van der Waals surface area contributed by atoms with Crippen molar-refractivity contribution in [1.82, 2.24) is 5.43 Å². The molecule has 22 heavy (non-hydrogen) atoms. The van der Waals surface area contributed by atoms with Gasteiger partial charge in [-0.2, -0.15) is 0 Å². The van der Waals surface area contributed by atoms with Crippen LogP contribution in [0.25, 0.3) is 0 Å². The summed E-state index contributed by atoms with van der Waals surface area (Å²) in [5.41, 5.74) is 5.81. The third-order valence-electron chi connectivity index (χ3n) is 3.37. The van der Waals surface area contributed by atoms with E-state index in [0.29, 0.717) is 11.5 Å². The lowest BCUT2D eigenvalue weighted by Crippen LogP contribution is -2.12. The van der Waals surface area contributed by atoms with Gasteiger partial charge in [-0.05, 0) is 36.8 Å². The Bertz CT molecular complexity index is 774. The van der Waals surface area contributed by atoms with Crippen molar-refractivity contribution in [2.75, 3.05) is 0 Å². The fourth-order valence-corrected chi connectivity index (χ4v) is 2.51. The summed E-state index contributed by atoms with van der Waals surface area (Å²) in [6.07, 6.45) is -0.389. The lowest BCUT2D eigenvalue weighted by Gasteiger charge is -2.12. The number of ether oxygens (including phenoxy) is 1. The molecule has 0 bridgehead atoms. The minimum Gasteiger partial charge on any atom is -0.478 e. The summed E-state index contributed by atoms with van der Waals surface area (Å²) in [4.78, 5) is 11.0. The zero-order valence-corrected chi connectivity index (χ0v) is 13.3. The molecule has 1 unspecified atom stereocenters. The average Bonchev–Trinajstić information content (AvgIpc) is 3.00. The van der Waals surface area contributed by atoms with Gasteiger partial charge < -0.3 is 9.84 Å². The van der Waals surface area contributed by atoms with Gasteiger partial charge in [0.1, 0.15) is 0 Å². The van der Waals surface area contributed by atoms with Crippen molar-refractivity contribution >= 4 is 27.8 Å². The average molecular weight is 361 g/mol. The number of rotatable bonds is 3. The van der Waals surface area contributed by atoms with Crippen LogP contribution < -0.4 is 5.43 Å². The molecule has 0 saturated carbocycles. The zero-order chi connectivity index (χ0) is 15.7. The molecule has 3 rings (SSSR count). The molecule has 2 aromatic carbocycles. The van der Waals surface area contributed by atoms with E-state index in [1.165, 1.54) is 12.1 Å². The molecule has 5 nitrogen and oxygen atoms in total. The Morgan fingerprint density at radius 3 is 2.86 bits per heavy atom. The quantitative estimate of drug-likeness (QED) is 0.879. The molecular formula is C16H13BrN2O3. The lowest BCUT2D eigenvalue weighted by molar-refractivity contribution is 0.0697. The van der Waals surface area contributed by atoms with Crippen LogP contribution in [-0.4, -0.2) is 17.0 Å². The Morgan fingerprint density at radius 2 is 2.14 bits per heavy atom. The molecule has 0 aromatic heterocycles. The van der Waals surface area contributed by atoms with Gasteiger partial charge in [0.2, 0.25) is 12.1 Å². The normalized spacial score (nSPS) is 16.6. The molecule has 0 fully saturated rings. The van der Waals surface area contributed by atoms with Gasteiger partial charge in [-0.25, -0.2) is 4.79 Å². The number of carbonyl (C=O) groups is 1. The van der Waals surface area contributed by atoms with Crippen molar-refractivity contribution in [3.05, 3.63) is 69.2 Å². The first kappa shape index (κ1) is 14.6. The smallest absolute Gasteiger partial charge is 0.335 e. The largest absolute Gasteiger partial charge is 0.478 e. The summed E-state index contributed by atoms with van der Waals surface area (Å²) in [6, 6.07) is 12.4. The summed E-state index contributed by atoms with van der Waals surface area (Å²) in [5, 5.41) is 13.2. The SMILES string of the molecule is Cc1ccc(C2NN=C(c3cccc(C(=O)O)c3)O2)cc1Br. The number of carboxylic acids is 1. The predicted octanol–water partition coefficient (Wildman–Crippen LogP) is 3.44. The van der Waals surface area contributed by atoms with Crippen LogP contribution in [0.15, 0.2) is 52.0 Å². The standard InChI is InChI=1S/C16H13BrN2O3/c1-9-5-6-11(8-13(9)17)15-19-18-14(22-15)10-3-2-4-12(7-10)16(20)21/h2-8,15,19H,1H3,(H,20,21). The van der Waals surface area contributed by atoms with Gasteiger partial charge in [0.15, 0.2) is 0 Å². The molecule has 0 radical (unpaired) electrons. The molecule has 1 aliphatic rings. The number of hydrogen-bond donors (Lipinski definition) is 2. The van der Waals surface area contributed by atoms with Crippen molar-refractivity contribution in [3.8, 4) is 0 Å². The summed E-state index contributed by atoms with van der Waals surface area (Å²) in [6.45, 7) is 2.01. The van der Waals surface area contributed by atoms with Crippen LogP contribution in [0.1, 0.15) is 33.3 Å². The number of aromatic carboxylic acids is 1. The molecule has 2 aromatic rings. The third kappa shape index (κ3) is 2.82. The maximum atomic E-state index is 11.0. The molecular weight excluding hydrogens is 348 g/mol. The number of carboxylic acid groups (broad SMARTS) is 1. The summed E-state index contributed by atoms with van der Waals surface area (Å²) < 4.78 is 6.79. The molecule has 0 spiro atoms. The number of halogens is 1. The lowest BCUT2D eigenvalue weighted by atomic mass is 10.1. The van der Waals surface area contributed by atoms with E-state index < -0.39 is 5.97 Å². The highest BCUT2D eigenvalue weighted by atomic mass is 79.9. The van der Waals surface area contributed by atoms with Gasteiger partial charge in [0.05, 0.1) is 5.56 Å². The summed E-state index contributed by atoms with van der Waals surface area (Å²) >= 11 is 3.49. The Kier molecular flexibility index (Phi) is 3.85. The molecule has 1 atom stereocenters. The second-order valence-corrected chi connectivity index (χ2v) is 5.79. The molecule has 0 saturated heterocycles. The number of benzene rings is 2. The van der Waals surface area contributed by atoms with Crippen LogP contribution in [0.5, 0.6) is 0 Å². The van der Waals surface area contributed by atoms with Crippen LogP contribution >= 0.6 is 15.9 Å². The summed E-state index contributed by atoms with van der Waals surface area (Å²) in [5.74, 6) is -0.600. The zero-order valence-electron chi connectivity index (χ0n) is 11.7. The van der Waals surface area contributed by atoms with Crippen LogP contribution in [0.3, 0.4) is 0 Å².